The molecule has 1 aromatic rings. The largest absolute Gasteiger partial charge is 0.306 e. The van der Waals surface area contributed by atoms with E-state index in [2.05, 4.69) is 24.4 Å². The van der Waals surface area contributed by atoms with Crippen molar-refractivity contribution in [1.29, 1.82) is 0 Å². The van der Waals surface area contributed by atoms with Gasteiger partial charge >= 0.3 is 0 Å². The molecule has 18 heavy (non-hydrogen) atoms. The molecule has 0 saturated carbocycles. The third-order valence-corrected chi connectivity index (χ3v) is 5.31. The molecule has 1 heterocycles. The molecule has 0 aromatic heterocycles. The smallest absolute Gasteiger partial charge is 0.0410 e. The van der Waals surface area contributed by atoms with E-state index in [0.29, 0.717) is 11.8 Å². The summed E-state index contributed by atoms with van der Waals surface area (Å²) in [5, 5.41) is 4.36. The summed E-state index contributed by atoms with van der Waals surface area (Å²) in [5.41, 5.74) is 1.28. The van der Waals surface area contributed by atoms with E-state index in [-0.39, 0.29) is 6.04 Å². The highest BCUT2D eigenvalue weighted by atomic mass is 35.5. The first-order chi connectivity index (χ1) is 8.56. The maximum Gasteiger partial charge on any atom is 0.0410 e. The Bertz CT molecular complexity index is 453. The summed E-state index contributed by atoms with van der Waals surface area (Å²) in [5.74, 6) is 1.81. The molecule has 0 bridgehead atoms. The van der Waals surface area contributed by atoms with Gasteiger partial charge in [-0.15, -0.1) is 11.8 Å². The van der Waals surface area contributed by atoms with Crippen LogP contribution in [0.1, 0.15) is 24.9 Å². The van der Waals surface area contributed by atoms with Gasteiger partial charge in [0.25, 0.3) is 0 Å². The van der Waals surface area contributed by atoms with Crippen LogP contribution in [0, 0.1) is 0 Å². The number of fused-ring (bicyclic) bond motifs is 1. The zero-order chi connectivity index (χ0) is 13.1. The van der Waals surface area contributed by atoms with E-state index in [1.54, 1.807) is 6.26 Å². The summed E-state index contributed by atoms with van der Waals surface area (Å²) in [6.07, 6.45) is 2.85. The van der Waals surface area contributed by atoms with Gasteiger partial charge in [-0.3, -0.25) is 4.21 Å². The molecule has 2 nitrogen and oxygen atoms in total. The van der Waals surface area contributed by atoms with Crippen molar-refractivity contribution in [3.05, 3.63) is 28.8 Å². The van der Waals surface area contributed by atoms with Crippen LogP contribution < -0.4 is 5.32 Å². The lowest BCUT2D eigenvalue weighted by Gasteiger charge is -2.28. The van der Waals surface area contributed by atoms with Gasteiger partial charge in [0, 0.05) is 44.8 Å². The summed E-state index contributed by atoms with van der Waals surface area (Å²) < 4.78 is 11.2. The second kappa shape index (κ2) is 6.42. The Morgan fingerprint density at radius 3 is 3.11 bits per heavy atom. The average Bonchev–Trinajstić information content (AvgIpc) is 2.28. The number of rotatable bonds is 4. The molecule has 3 unspecified atom stereocenters. The molecule has 0 fully saturated rings. The Morgan fingerprint density at radius 1 is 1.61 bits per heavy atom. The Labute approximate surface area is 120 Å². The third kappa shape index (κ3) is 3.73. The summed E-state index contributed by atoms with van der Waals surface area (Å²) in [4.78, 5) is 1.31. The zero-order valence-electron chi connectivity index (χ0n) is 10.6. The second-order valence-corrected chi connectivity index (χ2v) is 7.73. The van der Waals surface area contributed by atoms with Gasteiger partial charge in [-0.05, 0) is 42.9 Å². The zero-order valence-corrected chi connectivity index (χ0v) is 13.0. The fourth-order valence-electron chi connectivity index (χ4n) is 2.28. The SMILES string of the molecule is CC(CS(C)=O)NC1CCSc2ccc(Cl)cc21. The molecule has 5 heteroatoms. The fourth-order valence-corrected chi connectivity index (χ4v) is 4.37. The standard InChI is InChI=1S/C13H18ClNOS2/c1-9(8-18(2)16)15-12-5-6-17-13-4-3-10(14)7-11(12)13/h3-4,7,9,12,15H,5-6,8H2,1-2H3. The van der Waals surface area contributed by atoms with Crippen LogP contribution in [0.4, 0.5) is 0 Å². The van der Waals surface area contributed by atoms with Gasteiger partial charge in [-0.25, -0.2) is 0 Å². The normalized spacial score (nSPS) is 22.3. The van der Waals surface area contributed by atoms with E-state index in [9.17, 15) is 4.21 Å². The van der Waals surface area contributed by atoms with Crippen molar-refractivity contribution >= 4 is 34.2 Å². The highest BCUT2D eigenvalue weighted by Crippen LogP contribution is 2.37. The number of benzene rings is 1. The first-order valence-corrected chi connectivity index (χ1v) is 9.13. The highest BCUT2D eigenvalue weighted by molar-refractivity contribution is 7.99. The first-order valence-electron chi connectivity index (χ1n) is 6.04. The summed E-state index contributed by atoms with van der Waals surface area (Å²) in [6, 6.07) is 6.68. The van der Waals surface area contributed by atoms with Gasteiger partial charge in [0.2, 0.25) is 0 Å². The van der Waals surface area contributed by atoms with Gasteiger partial charge in [0.15, 0.2) is 0 Å². The molecule has 1 N–H and O–H groups in total. The first kappa shape index (κ1) is 14.4. The van der Waals surface area contributed by atoms with Gasteiger partial charge in [0.05, 0.1) is 0 Å². The van der Waals surface area contributed by atoms with Crippen LogP contribution in [-0.2, 0) is 10.8 Å². The molecule has 1 aliphatic heterocycles. The van der Waals surface area contributed by atoms with Crippen molar-refractivity contribution in [2.75, 3.05) is 17.8 Å². The molecule has 1 aromatic carbocycles. The predicted octanol–water partition coefficient (Wildman–Crippen LogP) is 3.23. The molecule has 0 aliphatic carbocycles. The molecular weight excluding hydrogens is 286 g/mol. The van der Waals surface area contributed by atoms with Crippen molar-refractivity contribution in [2.24, 2.45) is 0 Å². The minimum absolute atomic E-state index is 0.260. The van der Waals surface area contributed by atoms with E-state index in [0.717, 1.165) is 17.2 Å². The lowest BCUT2D eigenvalue weighted by Crippen LogP contribution is -2.35. The molecule has 1 aliphatic rings. The lowest BCUT2D eigenvalue weighted by atomic mass is 10.0. The maximum absolute atomic E-state index is 11.2. The van der Waals surface area contributed by atoms with Gasteiger partial charge in [0.1, 0.15) is 0 Å². The van der Waals surface area contributed by atoms with Gasteiger partial charge in [-0.2, -0.15) is 0 Å². The summed E-state index contributed by atoms with van der Waals surface area (Å²) in [7, 11) is -0.756. The molecular formula is C13H18ClNOS2. The molecule has 0 amide bonds. The van der Waals surface area contributed by atoms with E-state index >= 15 is 0 Å². The second-order valence-electron chi connectivity index (χ2n) is 4.68. The third-order valence-electron chi connectivity index (χ3n) is 2.98. The van der Waals surface area contributed by atoms with Gasteiger partial charge < -0.3 is 5.32 Å². The lowest BCUT2D eigenvalue weighted by molar-refractivity contribution is 0.462. The molecule has 0 saturated heterocycles. The van der Waals surface area contributed by atoms with E-state index < -0.39 is 10.8 Å². The van der Waals surface area contributed by atoms with Crippen LogP contribution >= 0.6 is 23.4 Å². The topological polar surface area (TPSA) is 29.1 Å². The van der Waals surface area contributed by atoms with Crippen LogP contribution in [0.2, 0.25) is 5.02 Å². The average molecular weight is 304 g/mol. The van der Waals surface area contributed by atoms with Crippen LogP contribution in [-0.4, -0.2) is 28.0 Å². The van der Waals surface area contributed by atoms with Crippen molar-refractivity contribution < 1.29 is 4.21 Å². The monoisotopic (exact) mass is 303 g/mol. The maximum atomic E-state index is 11.2. The van der Waals surface area contributed by atoms with E-state index in [1.807, 2.05) is 17.8 Å². The predicted molar refractivity (Wildman–Crippen MR) is 81.1 cm³/mol. The number of hydrogen-bond donors (Lipinski definition) is 1. The minimum atomic E-state index is -0.756. The number of halogens is 1. The number of thioether (sulfide) groups is 1. The molecule has 0 spiro atoms. The Balaban J connectivity index is 2.12. The van der Waals surface area contributed by atoms with Crippen molar-refractivity contribution in [1.82, 2.24) is 5.32 Å². The van der Waals surface area contributed by atoms with E-state index in [4.69, 9.17) is 11.6 Å². The van der Waals surface area contributed by atoms with E-state index in [1.165, 1.54) is 10.5 Å². The van der Waals surface area contributed by atoms with Gasteiger partial charge in [-0.1, -0.05) is 11.6 Å². The van der Waals surface area contributed by atoms with Crippen molar-refractivity contribution in [2.45, 2.75) is 30.3 Å². The molecule has 100 valence electrons. The fraction of sp³-hybridized carbons (Fsp3) is 0.538. The summed E-state index contributed by atoms with van der Waals surface area (Å²) in [6.45, 7) is 2.09. The Kier molecular flexibility index (Phi) is 5.13. The summed E-state index contributed by atoms with van der Waals surface area (Å²) >= 11 is 7.96. The highest BCUT2D eigenvalue weighted by Gasteiger charge is 2.22. The van der Waals surface area contributed by atoms with Crippen LogP contribution in [0.5, 0.6) is 0 Å². The van der Waals surface area contributed by atoms with Crippen molar-refractivity contribution in [3.63, 3.8) is 0 Å². The van der Waals surface area contributed by atoms with Crippen molar-refractivity contribution in [3.8, 4) is 0 Å². The quantitative estimate of drug-likeness (QED) is 0.926. The number of hydrogen-bond acceptors (Lipinski definition) is 3. The number of nitrogens with one attached hydrogen (secondary N) is 1. The van der Waals surface area contributed by atoms with Crippen LogP contribution in [0.25, 0.3) is 0 Å². The van der Waals surface area contributed by atoms with Crippen LogP contribution in [0.3, 0.4) is 0 Å². The Morgan fingerprint density at radius 2 is 2.39 bits per heavy atom. The molecule has 2 rings (SSSR count). The molecule has 0 radical (unpaired) electrons. The molecule has 3 atom stereocenters. The Hall–Kier alpha value is -0.0300. The minimum Gasteiger partial charge on any atom is -0.306 e. The van der Waals surface area contributed by atoms with Crippen LogP contribution in [0.15, 0.2) is 23.1 Å².